The van der Waals surface area contributed by atoms with Gasteiger partial charge in [0.05, 0.1) is 16.2 Å². The number of pyridine rings is 1. The summed E-state index contributed by atoms with van der Waals surface area (Å²) in [7, 11) is 0. The molecule has 0 bridgehead atoms. The van der Waals surface area contributed by atoms with Crippen molar-refractivity contribution in [2.45, 2.75) is 13.1 Å². The Morgan fingerprint density at radius 3 is 2.44 bits per heavy atom. The summed E-state index contributed by atoms with van der Waals surface area (Å²) in [5.41, 5.74) is 3.69. The van der Waals surface area contributed by atoms with Crippen molar-refractivity contribution >= 4 is 23.0 Å². The predicted molar refractivity (Wildman–Crippen MR) is 102 cm³/mol. The lowest BCUT2D eigenvalue weighted by atomic mass is 10.2. The van der Waals surface area contributed by atoms with E-state index >= 15 is 0 Å². The summed E-state index contributed by atoms with van der Waals surface area (Å²) in [6.07, 6.45) is 1.15. The Morgan fingerprint density at radius 2 is 1.78 bits per heavy atom. The third-order valence-electron chi connectivity index (χ3n) is 4.50. The van der Waals surface area contributed by atoms with Crippen LogP contribution in [-0.2, 0) is 0 Å². The lowest BCUT2D eigenvalue weighted by Gasteiger charge is -2.26. The SMILES string of the molecule is Cc1ccc(N2C(=O)c3cccnc3[C@@H]2Nc2ccc([N+](=O)[O-])cc2)cc1. The number of rotatable bonds is 4. The fraction of sp³-hybridized carbons (Fsp3) is 0.100. The van der Waals surface area contributed by atoms with Gasteiger partial charge >= 0.3 is 0 Å². The molecule has 1 atom stereocenters. The zero-order valence-electron chi connectivity index (χ0n) is 14.5. The van der Waals surface area contributed by atoms with E-state index in [2.05, 4.69) is 10.3 Å². The summed E-state index contributed by atoms with van der Waals surface area (Å²) in [6.45, 7) is 1.98. The van der Waals surface area contributed by atoms with E-state index in [-0.39, 0.29) is 11.6 Å². The monoisotopic (exact) mass is 360 g/mol. The molecule has 1 aromatic heterocycles. The molecule has 1 aliphatic rings. The Hall–Kier alpha value is -3.74. The summed E-state index contributed by atoms with van der Waals surface area (Å²) in [4.78, 5) is 29.4. The summed E-state index contributed by atoms with van der Waals surface area (Å²) < 4.78 is 0. The molecule has 0 radical (unpaired) electrons. The van der Waals surface area contributed by atoms with Gasteiger partial charge in [0, 0.05) is 29.7 Å². The molecular formula is C20H16N4O3. The molecule has 3 aromatic rings. The molecule has 7 heteroatoms. The number of hydrogen-bond donors (Lipinski definition) is 1. The number of carbonyl (C=O) groups excluding carboxylic acids is 1. The number of nitro benzene ring substituents is 1. The molecule has 0 unspecified atom stereocenters. The van der Waals surface area contributed by atoms with Crippen molar-refractivity contribution in [1.29, 1.82) is 0 Å². The molecule has 0 spiro atoms. The van der Waals surface area contributed by atoms with E-state index in [1.807, 2.05) is 31.2 Å². The molecule has 0 fully saturated rings. The number of fused-ring (bicyclic) bond motifs is 1. The second-order valence-electron chi connectivity index (χ2n) is 6.30. The minimum Gasteiger partial charge on any atom is -0.360 e. The highest BCUT2D eigenvalue weighted by Crippen LogP contribution is 2.37. The first-order chi connectivity index (χ1) is 13.0. The van der Waals surface area contributed by atoms with Crippen LogP contribution < -0.4 is 10.2 Å². The summed E-state index contributed by atoms with van der Waals surface area (Å²) >= 11 is 0. The Labute approximate surface area is 155 Å². The number of nitro groups is 1. The summed E-state index contributed by atoms with van der Waals surface area (Å²) in [5.74, 6) is -0.138. The number of nitrogens with zero attached hydrogens (tertiary/aromatic N) is 3. The quantitative estimate of drug-likeness (QED) is 0.560. The minimum atomic E-state index is -0.502. The minimum absolute atomic E-state index is 0.0111. The number of nitrogens with one attached hydrogen (secondary N) is 1. The van der Waals surface area contributed by atoms with Crippen LogP contribution in [0.4, 0.5) is 17.1 Å². The fourth-order valence-electron chi connectivity index (χ4n) is 3.13. The normalized spacial score (nSPS) is 15.5. The van der Waals surface area contributed by atoms with Crippen LogP contribution >= 0.6 is 0 Å². The second-order valence-corrected chi connectivity index (χ2v) is 6.30. The van der Waals surface area contributed by atoms with Crippen LogP contribution in [0.5, 0.6) is 0 Å². The third-order valence-corrected chi connectivity index (χ3v) is 4.50. The average molecular weight is 360 g/mol. The average Bonchev–Trinajstić information content (AvgIpc) is 2.95. The fourth-order valence-corrected chi connectivity index (χ4v) is 3.13. The highest BCUT2D eigenvalue weighted by molar-refractivity contribution is 6.11. The van der Waals surface area contributed by atoms with E-state index in [0.29, 0.717) is 16.9 Å². The molecule has 2 aromatic carbocycles. The van der Waals surface area contributed by atoms with E-state index in [0.717, 1.165) is 11.3 Å². The van der Waals surface area contributed by atoms with Crippen LogP contribution in [0.2, 0.25) is 0 Å². The molecule has 7 nitrogen and oxygen atoms in total. The van der Waals surface area contributed by atoms with Gasteiger partial charge in [0.1, 0.15) is 0 Å². The molecule has 0 saturated carbocycles. The van der Waals surface area contributed by atoms with Crippen LogP contribution in [0.1, 0.15) is 27.8 Å². The standard InChI is InChI=1S/C20H16N4O3/c1-13-4-8-15(9-5-13)23-19(18-17(20(23)25)3-2-12-21-18)22-14-6-10-16(11-7-14)24(26)27/h2-12,19,22H,1H3/t19-/m1/s1. The van der Waals surface area contributed by atoms with E-state index in [9.17, 15) is 14.9 Å². The van der Waals surface area contributed by atoms with Gasteiger partial charge in [0.15, 0.2) is 6.17 Å². The Bertz CT molecular complexity index is 1020. The summed E-state index contributed by atoms with van der Waals surface area (Å²) in [5, 5.41) is 14.1. The highest BCUT2D eigenvalue weighted by Gasteiger charge is 2.38. The smallest absolute Gasteiger partial charge is 0.269 e. The van der Waals surface area contributed by atoms with Crippen LogP contribution in [0.3, 0.4) is 0 Å². The molecule has 27 heavy (non-hydrogen) atoms. The van der Waals surface area contributed by atoms with Crippen molar-refractivity contribution in [3.8, 4) is 0 Å². The van der Waals surface area contributed by atoms with Gasteiger partial charge in [0.25, 0.3) is 11.6 Å². The van der Waals surface area contributed by atoms with Crippen LogP contribution in [-0.4, -0.2) is 15.8 Å². The van der Waals surface area contributed by atoms with E-state index < -0.39 is 11.1 Å². The molecule has 0 saturated heterocycles. The third kappa shape index (κ3) is 2.99. The number of amides is 1. The maximum Gasteiger partial charge on any atom is 0.269 e. The molecule has 1 N–H and O–H groups in total. The topological polar surface area (TPSA) is 88.4 Å². The molecule has 4 rings (SSSR count). The number of aryl methyl sites for hydroxylation is 1. The summed E-state index contributed by atoms with van der Waals surface area (Å²) in [6, 6.07) is 17.3. The molecular weight excluding hydrogens is 344 g/mol. The molecule has 0 aliphatic carbocycles. The largest absolute Gasteiger partial charge is 0.360 e. The number of non-ortho nitro benzene ring substituents is 1. The van der Waals surface area contributed by atoms with Gasteiger partial charge in [-0.1, -0.05) is 17.7 Å². The first-order valence-corrected chi connectivity index (χ1v) is 8.41. The van der Waals surface area contributed by atoms with E-state index in [4.69, 9.17) is 0 Å². The Kier molecular flexibility index (Phi) is 4.04. The van der Waals surface area contributed by atoms with Gasteiger partial charge < -0.3 is 5.32 Å². The highest BCUT2D eigenvalue weighted by atomic mass is 16.6. The van der Waals surface area contributed by atoms with Gasteiger partial charge in [0.2, 0.25) is 0 Å². The van der Waals surface area contributed by atoms with Crippen molar-refractivity contribution < 1.29 is 9.72 Å². The number of anilines is 2. The van der Waals surface area contributed by atoms with E-state index in [1.54, 1.807) is 35.4 Å². The first kappa shape index (κ1) is 16.7. The van der Waals surface area contributed by atoms with Gasteiger partial charge in [-0.05, 0) is 43.3 Å². The molecule has 2 heterocycles. The van der Waals surface area contributed by atoms with Gasteiger partial charge in [-0.15, -0.1) is 0 Å². The number of benzene rings is 2. The van der Waals surface area contributed by atoms with Crippen molar-refractivity contribution in [3.63, 3.8) is 0 Å². The first-order valence-electron chi connectivity index (χ1n) is 8.41. The van der Waals surface area contributed by atoms with Crippen molar-refractivity contribution in [2.24, 2.45) is 0 Å². The van der Waals surface area contributed by atoms with Gasteiger partial charge in [-0.2, -0.15) is 0 Å². The van der Waals surface area contributed by atoms with Crippen molar-refractivity contribution in [1.82, 2.24) is 4.98 Å². The molecule has 134 valence electrons. The Morgan fingerprint density at radius 1 is 1.07 bits per heavy atom. The van der Waals surface area contributed by atoms with Gasteiger partial charge in [-0.25, -0.2) is 0 Å². The number of hydrogen-bond acceptors (Lipinski definition) is 5. The van der Waals surface area contributed by atoms with Crippen LogP contribution in [0, 0.1) is 17.0 Å². The number of aromatic nitrogens is 1. The van der Waals surface area contributed by atoms with Crippen LogP contribution in [0.25, 0.3) is 0 Å². The van der Waals surface area contributed by atoms with Crippen molar-refractivity contribution in [3.05, 3.63) is 93.8 Å². The second kappa shape index (κ2) is 6.53. The van der Waals surface area contributed by atoms with Gasteiger partial charge in [-0.3, -0.25) is 24.8 Å². The van der Waals surface area contributed by atoms with Crippen LogP contribution in [0.15, 0.2) is 66.9 Å². The maximum atomic E-state index is 13.0. The maximum absolute atomic E-state index is 13.0. The van der Waals surface area contributed by atoms with E-state index in [1.165, 1.54) is 12.1 Å². The lowest BCUT2D eigenvalue weighted by molar-refractivity contribution is -0.384. The molecule has 1 aliphatic heterocycles. The zero-order valence-corrected chi connectivity index (χ0v) is 14.5. The Balaban J connectivity index is 1.73. The predicted octanol–water partition coefficient (Wildman–Crippen LogP) is 4.07. The molecule has 1 amide bonds. The van der Waals surface area contributed by atoms with Crippen molar-refractivity contribution in [2.75, 3.05) is 10.2 Å². The zero-order chi connectivity index (χ0) is 19.0. The number of carbonyl (C=O) groups is 1. The lowest BCUT2D eigenvalue weighted by Crippen LogP contribution is -2.32.